The Hall–Kier alpha value is -2.49. The van der Waals surface area contributed by atoms with Crippen LogP contribution in [-0.2, 0) is 0 Å². The Kier molecular flexibility index (Phi) is 3.68. The third-order valence-corrected chi connectivity index (χ3v) is 4.16. The fraction of sp³-hybridized carbons (Fsp3) is 0. The number of benzene rings is 2. The van der Waals surface area contributed by atoms with Gasteiger partial charge in [0.2, 0.25) is 0 Å². The van der Waals surface area contributed by atoms with Crippen LogP contribution in [0, 0.1) is 0 Å². The van der Waals surface area contributed by atoms with E-state index in [0.717, 1.165) is 11.1 Å². The number of furan rings is 1. The third-order valence-electron chi connectivity index (χ3n) is 3.69. The van der Waals surface area contributed by atoms with Gasteiger partial charge in [0, 0.05) is 27.2 Å². The molecule has 5 heteroatoms. The molecule has 0 N–H and O–H groups in total. The number of fused-ring (bicyclic) bond motifs is 1. The van der Waals surface area contributed by atoms with Gasteiger partial charge in [-0.1, -0.05) is 47.5 Å². The fourth-order valence-electron chi connectivity index (χ4n) is 2.63. The molecular formula is C19H10Cl2O3. The van der Waals surface area contributed by atoms with E-state index in [0.29, 0.717) is 26.8 Å². The predicted molar refractivity (Wildman–Crippen MR) is 95.6 cm³/mol. The lowest BCUT2D eigenvalue weighted by atomic mass is 10.0. The van der Waals surface area contributed by atoms with Gasteiger partial charge in [-0.3, -0.25) is 0 Å². The molecular weight excluding hydrogens is 347 g/mol. The van der Waals surface area contributed by atoms with Gasteiger partial charge in [-0.05, 0) is 35.9 Å². The van der Waals surface area contributed by atoms with Gasteiger partial charge in [0.1, 0.15) is 5.76 Å². The summed E-state index contributed by atoms with van der Waals surface area (Å²) in [6.07, 6.45) is 0. The van der Waals surface area contributed by atoms with E-state index in [1.807, 2.05) is 30.3 Å². The van der Waals surface area contributed by atoms with Gasteiger partial charge in [0.25, 0.3) is 0 Å². The SMILES string of the molecule is O=c1cc(-c2cccc(Cl)c2)c2cc(-c3cccc(Cl)c3)oc2o1. The molecule has 4 rings (SSSR count). The largest absolute Gasteiger partial charge is 0.425 e. The lowest BCUT2D eigenvalue weighted by Gasteiger charge is -2.02. The molecule has 0 atom stereocenters. The summed E-state index contributed by atoms with van der Waals surface area (Å²) < 4.78 is 10.9. The topological polar surface area (TPSA) is 43.4 Å². The first kappa shape index (κ1) is 15.1. The van der Waals surface area contributed by atoms with Crippen molar-refractivity contribution in [2.75, 3.05) is 0 Å². The zero-order valence-corrected chi connectivity index (χ0v) is 13.8. The van der Waals surface area contributed by atoms with Crippen LogP contribution in [0.4, 0.5) is 0 Å². The molecule has 0 aliphatic heterocycles. The highest BCUT2D eigenvalue weighted by Crippen LogP contribution is 2.34. The highest BCUT2D eigenvalue weighted by Gasteiger charge is 2.15. The highest BCUT2D eigenvalue weighted by molar-refractivity contribution is 6.31. The minimum Gasteiger partial charge on any atom is -0.425 e. The van der Waals surface area contributed by atoms with Gasteiger partial charge < -0.3 is 8.83 Å². The van der Waals surface area contributed by atoms with Crippen molar-refractivity contribution in [2.45, 2.75) is 0 Å². The Morgan fingerprint density at radius 1 is 0.750 bits per heavy atom. The number of rotatable bonds is 2. The molecule has 2 heterocycles. The van der Waals surface area contributed by atoms with Crippen LogP contribution in [0.2, 0.25) is 10.0 Å². The van der Waals surface area contributed by atoms with Gasteiger partial charge in [-0.25, -0.2) is 4.79 Å². The van der Waals surface area contributed by atoms with Crippen LogP contribution in [-0.4, -0.2) is 0 Å². The molecule has 2 aromatic carbocycles. The first-order valence-electron chi connectivity index (χ1n) is 7.20. The maximum absolute atomic E-state index is 11.9. The molecule has 0 unspecified atom stereocenters. The van der Waals surface area contributed by atoms with Crippen molar-refractivity contribution in [1.82, 2.24) is 0 Å². The first-order valence-corrected chi connectivity index (χ1v) is 7.95. The molecule has 0 amide bonds. The van der Waals surface area contributed by atoms with Crippen LogP contribution < -0.4 is 5.63 Å². The molecule has 0 saturated carbocycles. The van der Waals surface area contributed by atoms with Crippen molar-refractivity contribution >= 4 is 34.4 Å². The van der Waals surface area contributed by atoms with Crippen LogP contribution in [0.3, 0.4) is 0 Å². The summed E-state index contributed by atoms with van der Waals surface area (Å²) in [5.41, 5.74) is 1.85. The Balaban J connectivity index is 1.97. The maximum Gasteiger partial charge on any atom is 0.339 e. The first-order chi connectivity index (χ1) is 11.6. The summed E-state index contributed by atoms with van der Waals surface area (Å²) in [6, 6.07) is 17.8. The summed E-state index contributed by atoms with van der Waals surface area (Å²) in [6.45, 7) is 0. The molecule has 0 bridgehead atoms. The Morgan fingerprint density at radius 3 is 2.12 bits per heavy atom. The Bertz CT molecular complexity index is 1110. The van der Waals surface area contributed by atoms with Crippen molar-refractivity contribution in [3.63, 3.8) is 0 Å². The molecule has 24 heavy (non-hydrogen) atoms. The summed E-state index contributed by atoms with van der Waals surface area (Å²) >= 11 is 12.1. The Morgan fingerprint density at radius 2 is 1.42 bits per heavy atom. The standard InChI is InChI=1S/C19H10Cl2O3/c20-13-5-1-3-11(7-13)15-10-18(22)24-19-16(15)9-17(23-19)12-4-2-6-14(21)8-12/h1-10H. The van der Waals surface area contributed by atoms with E-state index in [9.17, 15) is 4.79 Å². The monoisotopic (exact) mass is 356 g/mol. The van der Waals surface area contributed by atoms with Crippen LogP contribution in [0.5, 0.6) is 0 Å². The molecule has 118 valence electrons. The maximum atomic E-state index is 11.9. The molecule has 0 saturated heterocycles. The van der Waals surface area contributed by atoms with E-state index in [2.05, 4.69) is 0 Å². The minimum atomic E-state index is -0.482. The normalized spacial score (nSPS) is 11.1. The van der Waals surface area contributed by atoms with Gasteiger partial charge in [0.15, 0.2) is 0 Å². The van der Waals surface area contributed by atoms with Crippen molar-refractivity contribution in [3.05, 3.63) is 81.1 Å². The lowest BCUT2D eigenvalue weighted by Crippen LogP contribution is -1.96. The molecule has 0 fully saturated rings. The molecule has 0 aliphatic rings. The van der Waals surface area contributed by atoms with Crippen molar-refractivity contribution in [1.29, 1.82) is 0 Å². The van der Waals surface area contributed by atoms with E-state index in [1.54, 1.807) is 24.3 Å². The quantitative estimate of drug-likeness (QED) is 0.440. The average Bonchev–Trinajstić information content (AvgIpc) is 2.98. The van der Waals surface area contributed by atoms with E-state index < -0.39 is 5.63 Å². The molecule has 0 radical (unpaired) electrons. The van der Waals surface area contributed by atoms with Crippen LogP contribution >= 0.6 is 23.2 Å². The second-order valence-corrected chi connectivity index (χ2v) is 6.18. The lowest BCUT2D eigenvalue weighted by molar-refractivity contribution is 0.456. The van der Waals surface area contributed by atoms with Gasteiger partial charge in [0.05, 0.1) is 5.39 Å². The smallest absolute Gasteiger partial charge is 0.339 e. The molecule has 3 nitrogen and oxygen atoms in total. The van der Waals surface area contributed by atoms with E-state index in [4.69, 9.17) is 32.0 Å². The van der Waals surface area contributed by atoms with E-state index >= 15 is 0 Å². The minimum absolute atomic E-state index is 0.174. The van der Waals surface area contributed by atoms with E-state index in [-0.39, 0.29) is 5.78 Å². The Labute approximate surface area is 147 Å². The van der Waals surface area contributed by atoms with Crippen LogP contribution in [0.25, 0.3) is 33.6 Å². The third kappa shape index (κ3) is 2.73. The second kappa shape index (κ2) is 5.86. The molecule has 0 aliphatic carbocycles. The van der Waals surface area contributed by atoms with Crippen molar-refractivity contribution in [3.8, 4) is 22.5 Å². The van der Waals surface area contributed by atoms with Gasteiger partial charge in [-0.2, -0.15) is 0 Å². The number of hydrogen-bond acceptors (Lipinski definition) is 3. The fourth-order valence-corrected chi connectivity index (χ4v) is 3.01. The zero-order chi connectivity index (χ0) is 16.7. The molecule has 0 spiro atoms. The van der Waals surface area contributed by atoms with Gasteiger partial charge >= 0.3 is 11.4 Å². The number of halogens is 2. The van der Waals surface area contributed by atoms with E-state index in [1.165, 1.54) is 6.07 Å². The van der Waals surface area contributed by atoms with Crippen LogP contribution in [0.1, 0.15) is 0 Å². The zero-order valence-electron chi connectivity index (χ0n) is 12.3. The second-order valence-electron chi connectivity index (χ2n) is 5.31. The highest BCUT2D eigenvalue weighted by atomic mass is 35.5. The summed E-state index contributed by atoms with van der Waals surface area (Å²) in [5.74, 6) is 0.748. The average molecular weight is 357 g/mol. The predicted octanol–water partition coefficient (Wildman–Crippen LogP) is 6.03. The molecule has 4 aromatic rings. The van der Waals surface area contributed by atoms with Crippen molar-refractivity contribution < 1.29 is 8.83 Å². The molecule has 2 aromatic heterocycles. The number of hydrogen-bond donors (Lipinski definition) is 0. The van der Waals surface area contributed by atoms with Crippen molar-refractivity contribution in [2.24, 2.45) is 0 Å². The van der Waals surface area contributed by atoms with Crippen LogP contribution in [0.15, 0.2) is 74.3 Å². The summed E-state index contributed by atoms with van der Waals surface area (Å²) in [5, 5.41) is 1.89. The summed E-state index contributed by atoms with van der Waals surface area (Å²) in [7, 11) is 0. The van der Waals surface area contributed by atoms with Gasteiger partial charge in [-0.15, -0.1) is 0 Å². The summed E-state index contributed by atoms with van der Waals surface area (Å²) in [4.78, 5) is 11.9.